The van der Waals surface area contributed by atoms with E-state index in [1.807, 2.05) is 13.8 Å². The maximum Gasteiger partial charge on any atom is 0.472 e. The van der Waals surface area contributed by atoms with E-state index in [1.54, 1.807) is 25.7 Å². The Labute approximate surface area is 526 Å². The third kappa shape index (κ3) is 22.5. The second kappa shape index (κ2) is 36.9. The molecular weight excluding hydrogens is 1240 g/mol. The van der Waals surface area contributed by atoms with Gasteiger partial charge >= 0.3 is 15.6 Å². The minimum atomic E-state index is -4.95. The van der Waals surface area contributed by atoms with Crippen LogP contribution in [0.3, 0.4) is 0 Å². The van der Waals surface area contributed by atoms with Gasteiger partial charge in [0, 0.05) is 76.5 Å². The number of likely N-dealkylation sites (tertiary alicyclic amines) is 3. The van der Waals surface area contributed by atoms with Gasteiger partial charge in [-0.3, -0.25) is 32.5 Å². The topological polar surface area (TPSA) is 439 Å². The predicted molar refractivity (Wildman–Crippen MR) is 313 cm³/mol. The summed E-state index contributed by atoms with van der Waals surface area (Å²) >= 11 is 0. The second-order valence-electron chi connectivity index (χ2n) is 25.1. The summed E-state index contributed by atoms with van der Waals surface area (Å²) < 4.78 is 89.8. The van der Waals surface area contributed by atoms with Crippen molar-refractivity contribution in [1.82, 2.24) is 14.7 Å². The van der Waals surface area contributed by atoms with Gasteiger partial charge in [0.05, 0.1) is 100 Å². The third-order valence-electron chi connectivity index (χ3n) is 17.7. The molecule has 0 aromatic rings. The average Bonchev–Trinajstić information content (AvgIpc) is 1.10. The number of aliphatic hydroxyl groups is 10. The first-order valence-electron chi connectivity index (χ1n) is 31.9. The summed E-state index contributed by atoms with van der Waals surface area (Å²) in [7, 11) is -9.88. The van der Waals surface area contributed by atoms with Gasteiger partial charge in [-0.1, -0.05) is 40.0 Å². The number of amides is 3. The summed E-state index contributed by atoms with van der Waals surface area (Å²) in [5.41, 5.74) is 0. The summed E-state index contributed by atoms with van der Waals surface area (Å²) in [6.07, 6.45) is -11.6. The number of unbranched alkanes of at least 4 members (excludes halogenated alkanes) is 6. The molecule has 31 nitrogen and oxygen atoms in total. The number of carbonyl (C=O) groups excluding carboxylic acids is 3. The van der Waals surface area contributed by atoms with E-state index in [-0.39, 0.29) is 103 Å². The molecule has 0 aromatic carbocycles. The molecule has 17 unspecified atom stereocenters. The fourth-order valence-electron chi connectivity index (χ4n) is 12.2. The van der Waals surface area contributed by atoms with Crippen LogP contribution in [-0.4, -0.2) is 289 Å². The maximum absolute atomic E-state index is 14.0. The van der Waals surface area contributed by atoms with Crippen LogP contribution in [-0.2, 0) is 74.8 Å². The molecule has 0 radical (unpaired) electrons. The van der Waals surface area contributed by atoms with Crippen molar-refractivity contribution in [1.29, 1.82) is 0 Å². The molecule has 90 heavy (non-hydrogen) atoms. The molecule has 6 aliphatic rings. The Morgan fingerprint density at radius 3 is 1.12 bits per heavy atom. The van der Waals surface area contributed by atoms with E-state index in [0.29, 0.717) is 57.8 Å². The lowest BCUT2D eigenvalue weighted by atomic mass is 9.92. The van der Waals surface area contributed by atoms with Crippen molar-refractivity contribution < 1.29 is 136 Å². The SMILES string of the molecule is CC(C)OC[C@@H]1C[C@@H](OP(=O)(O)OC[C@@H]2C[C@@H](OP(=O)(O)OC[C@@H]3C[C@@H](O)CN3C(=O)CCCCCOC3OC(CO)C(O)C(O)C3C)CN2C(=O)CCCCCOC2OC(CO)C(O)C(O)C2C)CN1C(=O)CCCCCOC1OC(CO)C(O)C(O)C1C. The van der Waals surface area contributed by atoms with Gasteiger partial charge < -0.3 is 109 Å². The molecule has 6 heterocycles. The van der Waals surface area contributed by atoms with Gasteiger partial charge in [0.1, 0.15) is 36.6 Å². The highest BCUT2D eigenvalue weighted by Crippen LogP contribution is 2.50. The van der Waals surface area contributed by atoms with E-state index >= 15 is 0 Å². The molecule has 23 atom stereocenters. The number of carbonyl (C=O) groups is 3. The highest BCUT2D eigenvalue weighted by molar-refractivity contribution is 7.47. The fourth-order valence-corrected chi connectivity index (χ4v) is 14.1. The van der Waals surface area contributed by atoms with Crippen LogP contribution >= 0.6 is 15.6 Å². The molecule has 12 N–H and O–H groups in total. The Morgan fingerprint density at radius 2 is 0.789 bits per heavy atom. The van der Waals surface area contributed by atoms with E-state index in [2.05, 4.69) is 0 Å². The zero-order valence-electron chi connectivity index (χ0n) is 52.4. The number of hydrogen-bond donors (Lipinski definition) is 12. The molecule has 6 aliphatic heterocycles. The summed E-state index contributed by atoms with van der Waals surface area (Å²) in [6.45, 7) is 6.40. The van der Waals surface area contributed by atoms with Crippen LogP contribution < -0.4 is 0 Å². The van der Waals surface area contributed by atoms with Crippen molar-refractivity contribution in [3.05, 3.63) is 0 Å². The molecule has 6 fully saturated rings. The smallest absolute Gasteiger partial charge is 0.394 e. The van der Waals surface area contributed by atoms with Crippen molar-refractivity contribution >= 4 is 33.4 Å². The van der Waals surface area contributed by atoms with Crippen molar-refractivity contribution in [2.45, 2.75) is 247 Å². The average molecular weight is 1340 g/mol. The first-order valence-corrected chi connectivity index (χ1v) is 34.9. The number of phosphoric ester groups is 2. The van der Waals surface area contributed by atoms with E-state index in [1.165, 1.54) is 9.80 Å². The number of ether oxygens (including phenoxy) is 7. The number of aliphatic hydroxyl groups excluding tert-OH is 10. The Kier molecular flexibility index (Phi) is 31.5. The first kappa shape index (κ1) is 77.0. The first-order chi connectivity index (χ1) is 42.7. The van der Waals surface area contributed by atoms with Crippen LogP contribution in [0.1, 0.15) is 131 Å². The van der Waals surface area contributed by atoms with Gasteiger partial charge in [-0.05, 0) is 71.6 Å². The van der Waals surface area contributed by atoms with Crippen LogP contribution in [0.2, 0.25) is 0 Å². The molecule has 33 heteroatoms. The Hall–Kier alpha value is -2.05. The minimum absolute atomic E-state index is 0.0343. The molecule has 6 saturated heterocycles. The number of β-amino-alcohol motifs (C(OH)–C–C–N with tert-alkyl or cyclic N) is 1. The predicted octanol–water partition coefficient (Wildman–Crippen LogP) is -0.464. The lowest BCUT2D eigenvalue weighted by Crippen LogP contribution is -2.55. The van der Waals surface area contributed by atoms with Crippen molar-refractivity contribution in [2.75, 3.05) is 79.1 Å². The van der Waals surface area contributed by atoms with Crippen molar-refractivity contribution in [2.24, 2.45) is 17.8 Å². The normalized spacial score (nSPS) is 36.4. The zero-order chi connectivity index (χ0) is 66.0. The summed E-state index contributed by atoms with van der Waals surface area (Å²) in [5.74, 6) is -2.71. The molecule has 0 bridgehead atoms. The third-order valence-corrected chi connectivity index (χ3v) is 19.7. The van der Waals surface area contributed by atoms with E-state index in [4.69, 9.17) is 51.3 Å². The maximum atomic E-state index is 14.0. The molecule has 0 aliphatic carbocycles. The van der Waals surface area contributed by atoms with Crippen LogP contribution in [0.5, 0.6) is 0 Å². The van der Waals surface area contributed by atoms with Crippen molar-refractivity contribution in [3.63, 3.8) is 0 Å². The van der Waals surface area contributed by atoms with Gasteiger partial charge in [-0.2, -0.15) is 0 Å². The Morgan fingerprint density at radius 1 is 0.467 bits per heavy atom. The van der Waals surface area contributed by atoms with Crippen LogP contribution in [0.4, 0.5) is 0 Å². The number of rotatable bonds is 37. The molecule has 6 rings (SSSR count). The molecule has 0 aromatic heterocycles. The lowest BCUT2D eigenvalue weighted by Gasteiger charge is -2.40. The van der Waals surface area contributed by atoms with E-state index < -0.39 is 183 Å². The van der Waals surface area contributed by atoms with Gasteiger partial charge in [0.2, 0.25) is 17.7 Å². The van der Waals surface area contributed by atoms with Crippen LogP contribution in [0, 0.1) is 17.8 Å². The van der Waals surface area contributed by atoms with Crippen LogP contribution in [0.25, 0.3) is 0 Å². The van der Waals surface area contributed by atoms with Crippen LogP contribution in [0.15, 0.2) is 0 Å². The van der Waals surface area contributed by atoms with Gasteiger partial charge in [0.25, 0.3) is 0 Å². The molecule has 0 spiro atoms. The molecule has 3 amide bonds. The van der Waals surface area contributed by atoms with Crippen molar-refractivity contribution in [3.8, 4) is 0 Å². The Balaban J connectivity index is 0.997. The monoisotopic (exact) mass is 1340 g/mol. The van der Waals surface area contributed by atoms with Gasteiger partial charge in [-0.15, -0.1) is 0 Å². The number of phosphoric acid groups is 2. The standard InChI is InChI=1S/C57H103N3O28P2/c1-33(2)81-30-38-22-41(25-59(38)47(66)16-10-7-13-19-79-56-35(4)50(69)53(72)44(28-62)85-56)87-90(76,77)83-32-39-23-42(26-60(39)48(67)17-11-8-14-20-80-57-36(5)51(70)54(73)45(29-63)86-57)88-89(74,75)82-31-37-21-40(64)24-58(37)46(65)15-9-6-12-18-78-55-34(3)49(68)52(71)43(27-61)84-55/h33-45,49-57,61-64,68-73H,6-32H2,1-5H3,(H,74,75)(H,76,77)/t34?,35?,36?,37-,38-,39-,40+,41+,42+,43?,44?,45?,49?,50?,51?,52?,53?,54?,55?,56?,57?/m0/s1. The molecular formula is C57H103N3O28P2. The lowest BCUT2D eigenvalue weighted by molar-refractivity contribution is -0.282. The summed E-state index contributed by atoms with van der Waals surface area (Å²) in [4.78, 5) is 67.6. The molecule has 524 valence electrons. The minimum Gasteiger partial charge on any atom is -0.394 e. The molecule has 0 saturated carbocycles. The highest BCUT2D eigenvalue weighted by Gasteiger charge is 2.47. The highest BCUT2D eigenvalue weighted by atomic mass is 31.2. The Bertz CT molecular complexity index is 2260. The zero-order valence-corrected chi connectivity index (χ0v) is 54.2. The van der Waals surface area contributed by atoms with E-state index in [0.717, 1.165) is 0 Å². The summed E-state index contributed by atoms with van der Waals surface area (Å²) in [5, 5.41) is 101. The van der Waals surface area contributed by atoms with E-state index in [9.17, 15) is 84.4 Å². The quantitative estimate of drug-likeness (QED) is 0.0276. The second-order valence-corrected chi connectivity index (χ2v) is 27.9. The van der Waals surface area contributed by atoms with Gasteiger partial charge in [0.15, 0.2) is 18.9 Å². The summed E-state index contributed by atoms with van der Waals surface area (Å²) in [6, 6.07) is -2.29. The number of nitrogens with zero attached hydrogens (tertiary/aromatic N) is 3. The fraction of sp³-hybridized carbons (Fsp3) is 0.947. The number of hydrogen-bond acceptors (Lipinski definition) is 26. The largest absolute Gasteiger partial charge is 0.472 e. The van der Waals surface area contributed by atoms with Gasteiger partial charge in [-0.25, -0.2) is 9.13 Å².